The molecular formula is C13H18BrNO2S. The first-order chi connectivity index (χ1) is 8.35. The molecule has 5 heteroatoms. The largest absolute Gasteiger partial charge is 0.298 e. The molecule has 0 saturated heterocycles. The second kappa shape index (κ2) is 5.31. The second-order valence-electron chi connectivity index (χ2n) is 5.02. The van der Waals surface area contributed by atoms with Crippen LogP contribution in [0.5, 0.6) is 0 Å². The Labute approximate surface area is 117 Å². The summed E-state index contributed by atoms with van der Waals surface area (Å²) >= 11 is 3.52. The molecule has 18 heavy (non-hydrogen) atoms. The molecule has 0 saturated carbocycles. The second-order valence-corrected chi connectivity index (χ2v) is 8.19. The monoisotopic (exact) mass is 331 g/mol. The molecule has 0 radical (unpaired) electrons. The zero-order valence-electron chi connectivity index (χ0n) is 10.7. The molecule has 0 N–H and O–H groups in total. The lowest BCUT2D eigenvalue weighted by Gasteiger charge is -2.29. The first-order valence-electron chi connectivity index (χ1n) is 6.03. The van der Waals surface area contributed by atoms with Crippen molar-refractivity contribution in [2.75, 3.05) is 25.1 Å². The van der Waals surface area contributed by atoms with Crippen molar-refractivity contribution in [2.45, 2.75) is 19.9 Å². The Morgan fingerprint density at radius 1 is 1.39 bits per heavy atom. The minimum atomic E-state index is -2.87. The Morgan fingerprint density at radius 2 is 2.11 bits per heavy atom. The van der Waals surface area contributed by atoms with E-state index in [9.17, 15) is 8.42 Å². The van der Waals surface area contributed by atoms with Crippen LogP contribution in [0.4, 0.5) is 0 Å². The topological polar surface area (TPSA) is 37.4 Å². The van der Waals surface area contributed by atoms with Gasteiger partial charge in [0.1, 0.15) is 9.84 Å². The number of aryl methyl sites for hydroxylation is 1. The molecule has 0 bridgehead atoms. The van der Waals surface area contributed by atoms with Crippen molar-refractivity contribution in [3.05, 3.63) is 33.3 Å². The van der Waals surface area contributed by atoms with Gasteiger partial charge in [0.15, 0.2) is 0 Å². The Hall–Kier alpha value is -0.390. The highest BCUT2D eigenvalue weighted by molar-refractivity contribution is 9.10. The van der Waals surface area contributed by atoms with Gasteiger partial charge in [-0.2, -0.15) is 0 Å². The van der Waals surface area contributed by atoms with E-state index in [1.54, 1.807) is 0 Å². The van der Waals surface area contributed by atoms with Crippen LogP contribution in [0.1, 0.15) is 16.7 Å². The average Bonchev–Trinajstić information content (AvgIpc) is 2.25. The van der Waals surface area contributed by atoms with Crippen molar-refractivity contribution in [1.82, 2.24) is 4.90 Å². The van der Waals surface area contributed by atoms with Crippen LogP contribution >= 0.6 is 15.9 Å². The Balaban J connectivity index is 2.10. The molecule has 2 rings (SSSR count). The number of hydrogen-bond donors (Lipinski definition) is 0. The highest BCUT2D eigenvalue weighted by atomic mass is 79.9. The third kappa shape index (κ3) is 3.56. The molecule has 1 aliphatic rings. The van der Waals surface area contributed by atoms with Crippen molar-refractivity contribution in [2.24, 2.45) is 0 Å². The molecule has 0 fully saturated rings. The van der Waals surface area contributed by atoms with Gasteiger partial charge in [-0.3, -0.25) is 4.90 Å². The summed E-state index contributed by atoms with van der Waals surface area (Å²) in [5, 5.41) is 0. The van der Waals surface area contributed by atoms with Gasteiger partial charge >= 0.3 is 0 Å². The fourth-order valence-electron chi connectivity index (χ4n) is 2.36. The number of rotatable bonds is 3. The fourth-order valence-corrected chi connectivity index (χ4v) is 3.57. The third-order valence-electron chi connectivity index (χ3n) is 3.39. The lowest BCUT2D eigenvalue weighted by molar-refractivity contribution is 0.268. The van der Waals surface area contributed by atoms with Gasteiger partial charge < -0.3 is 0 Å². The van der Waals surface area contributed by atoms with Crippen molar-refractivity contribution < 1.29 is 8.42 Å². The van der Waals surface area contributed by atoms with E-state index in [0.717, 1.165) is 24.0 Å². The van der Waals surface area contributed by atoms with Crippen molar-refractivity contribution in [1.29, 1.82) is 0 Å². The molecule has 1 aromatic rings. The third-order valence-corrected chi connectivity index (χ3v) is 4.77. The Morgan fingerprint density at radius 3 is 2.78 bits per heavy atom. The van der Waals surface area contributed by atoms with Crippen molar-refractivity contribution >= 4 is 25.8 Å². The van der Waals surface area contributed by atoms with Crippen LogP contribution in [0.3, 0.4) is 0 Å². The normalized spacial score (nSPS) is 16.6. The standard InChI is InChI=1S/C13H18BrNO2S/c1-10-7-12(14)8-11-3-4-15(9-13(10)11)5-6-18(2,16)17/h7-8H,3-6,9H2,1-2H3. The maximum Gasteiger partial charge on any atom is 0.148 e. The molecule has 0 atom stereocenters. The SMILES string of the molecule is Cc1cc(Br)cc2c1CN(CCS(C)(=O)=O)CC2. The average molecular weight is 332 g/mol. The van der Waals surface area contributed by atoms with Crippen LogP contribution in [0, 0.1) is 6.92 Å². The van der Waals surface area contributed by atoms with Crippen LogP contribution in [0.15, 0.2) is 16.6 Å². The summed E-state index contributed by atoms with van der Waals surface area (Å²) in [6, 6.07) is 4.30. The van der Waals surface area contributed by atoms with Crippen LogP contribution in [0.25, 0.3) is 0 Å². The number of hydrogen-bond acceptors (Lipinski definition) is 3. The van der Waals surface area contributed by atoms with Gasteiger partial charge in [0.05, 0.1) is 5.75 Å². The lowest BCUT2D eigenvalue weighted by Crippen LogP contribution is -2.34. The predicted octanol–water partition coefficient (Wildman–Crippen LogP) is 2.16. The van der Waals surface area contributed by atoms with Gasteiger partial charge in [0.2, 0.25) is 0 Å². The predicted molar refractivity (Wildman–Crippen MR) is 77.6 cm³/mol. The Kier molecular flexibility index (Phi) is 4.14. The molecule has 0 aliphatic carbocycles. The van der Waals surface area contributed by atoms with Crippen molar-refractivity contribution in [3.8, 4) is 0 Å². The van der Waals surface area contributed by atoms with E-state index in [1.165, 1.54) is 22.9 Å². The smallest absolute Gasteiger partial charge is 0.148 e. The number of benzene rings is 1. The van der Waals surface area contributed by atoms with Gasteiger partial charge in [0.25, 0.3) is 0 Å². The molecule has 0 spiro atoms. The molecule has 3 nitrogen and oxygen atoms in total. The molecule has 100 valence electrons. The quantitative estimate of drug-likeness (QED) is 0.851. The number of halogens is 1. The van der Waals surface area contributed by atoms with Crippen LogP contribution in [-0.4, -0.2) is 38.4 Å². The molecule has 1 aliphatic heterocycles. The van der Waals surface area contributed by atoms with Gasteiger partial charge in [-0.05, 0) is 42.2 Å². The van der Waals surface area contributed by atoms with E-state index >= 15 is 0 Å². The first-order valence-corrected chi connectivity index (χ1v) is 8.88. The Bertz CT molecular complexity index is 554. The molecule has 1 heterocycles. The fraction of sp³-hybridized carbons (Fsp3) is 0.538. The van der Waals surface area contributed by atoms with E-state index in [1.807, 2.05) is 0 Å². The maximum atomic E-state index is 11.2. The summed E-state index contributed by atoms with van der Waals surface area (Å²) in [6.07, 6.45) is 2.30. The summed E-state index contributed by atoms with van der Waals surface area (Å²) in [7, 11) is -2.87. The molecule has 0 aromatic heterocycles. The molecule has 0 unspecified atom stereocenters. The van der Waals surface area contributed by atoms with Gasteiger partial charge in [-0.25, -0.2) is 8.42 Å². The van der Waals surface area contributed by atoms with E-state index in [0.29, 0.717) is 6.54 Å². The van der Waals surface area contributed by atoms with Crippen LogP contribution in [0.2, 0.25) is 0 Å². The van der Waals surface area contributed by atoms with Crippen LogP contribution < -0.4 is 0 Å². The highest BCUT2D eigenvalue weighted by Crippen LogP contribution is 2.26. The summed E-state index contributed by atoms with van der Waals surface area (Å²) < 4.78 is 23.5. The summed E-state index contributed by atoms with van der Waals surface area (Å²) in [6.45, 7) is 4.56. The summed E-state index contributed by atoms with van der Waals surface area (Å²) in [5.74, 6) is 0.248. The van der Waals surface area contributed by atoms with Gasteiger partial charge in [0, 0.05) is 30.4 Å². The zero-order chi connectivity index (χ0) is 13.3. The van der Waals surface area contributed by atoms with E-state index in [-0.39, 0.29) is 5.75 Å². The van der Waals surface area contributed by atoms with Crippen molar-refractivity contribution in [3.63, 3.8) is 0 Å². The highest BCUT2D eigenvalue weighted by Gasteiger charge is 2.19. The van der Waals surface area contributed by atoms with Crippen LogP contribution in [-0.2, 0) is 22.8 Å². The maximum absolute atomic E-state index is 11.2. The molecule has 0 amide bonds. The first kappa shape index (κ1) is 14.0. The van der Waals surface area contributed by atoms with Gasteiger partial charge in [-0.1, -0.05) is 15.9 Å². The minimum absolute atomic E-state index is 0.248. The number of fused-ring (bicyclic) bond motifs is 1. The number of sulfone groups is 1. The van der Waals surface area contributed by atoms with E-state index in [2.05, 4.69) is 39.9 Å². The van der Waals surface area contributed by atoms with E-state index in [4.69, 9.17) is 0 Å². The summed E-state index contributed by atoms with van der Waals surface area (Å²) in [5.41, 5.74) is 4.03. The molecular weight excluding hydrogens is 314 g/mol. The number of nitrogens with zero attached hydrogens (tertiary/aromatic N) is 1. The minimum Gasteiger partial charge on any atom is -0.298 e. The zero-order valence-corrected chi connectivity index (χ0v) is 13.1. The lowest BCUT2D eigenvalue weighted by atomic mass is 9.96. The van der Waals surface area contributed by atoms with E-state index < -0.39 is 9.84 Å². The molecule has 1 aromatic carbocycles. The van der Waals surface area contributed by atoms with Gasteiger partial charge in [-0.15, -0.1) is 0 Å². The summed E-state index contributed by atoms with van der Waals surface area (Å²) in [4.78, 5) is 2.23.